The number of hydrogen-bond acceptors (Lipinski definition) is 2. The lowest BCUT2D eigenvalue weighted by atomic mass is 9.91. The molecule has 0 N–H and O–H groups in total. The predicted molar refractivity (Wildman–Crippen MR) is 58.1 cm³/mol. The third kappa shape index (κ3) is 3.15. The highest BCUT2D eigenvalue weighted by atomic mass is 15.1. The molecule has 0 amide bonds. The Balaban J connectivity index is 2.77. The van der Waals surface area contributed by atoms with Crippen molar-refractivity contribution in [3.05, 3.63) is 23.9 Å². The van der Waals surface area contributed by atoms with E-state index in [0.29, 0.717) is 0 Å². The minimum Gasteiger partial charge on any atom is -0.308 e. The highest BCUT2D eigenvalue weighted by Gasteiger charge is 2.19. The summed E-state index contributed by atoms with van der Waals surface area (Å²) in [6, 6.07) is 0. The molecule has 72 valence electrons. The van der Waals surface area contributed by atoms with E-state index in [2.05, 4.69) is 50.0 Å². The zero-order valence-electron chi connectivity index (χ0n) is 8.91. The summed E-state index contributed by atoms with van der Waals surface area (Å²) in [6.07, 6.45) is 8.27. The van der Waals surface area contributed by atoms with E-state index in [1.165, 1.54) is 5.57 Å². The van der Waals surface area contributed by atoms with Gasteiger partial charge in [-0.1, -0.05) is 12.2 Å². The van der Waals surface area contributed by atoms with Gasteiger partial charge in [-0.25, -0.2) is 0 Å². The summed E-state index contributed by atoms with van der Waals surface area (Å²) in [6.45, 7) is 5.25. The summed E-state index contributed by atoms with van der Waals surface area (Å²) in [5.41, 5.74) is 1.27. The maximum absolute atomic E-state index is 4.28. The second-order valence-corrected chi connectivity index (χ2v) is 4.23. The molecule has 1 aliphatic rings. The second kappa shape index (κ2) is 3.88. The first-order chi connectivity index (χ1) is 6.02. The Morgan fingerprint density at radius 2 is 2.15 bits per heavy atom. The highest BCUT2D eigenvalue weighted by Crippen LogP contribution is 2.20. The minimum absolute atomic E-state index is 0.0672. The van der Waals surface area contributed by atoms with Crippen LogP contribution in [0.15, 0.2) is 28.9 Å². The number of rotatable bonds is 2. The van der Waals surface area contributed by atoms with Crippen molar-refractivity contribution in [3.63, 3.8) is 0 Å². The Morgan fingerprint density at radius 3 is 2.77 bits per heavy atom. The standard InChI is InChI=1S/C11H18N2/c1-10-5-6-11(2,8-12-7-10)9-13(3)4/h5-8H,9H2,1-4H3/t11-/m0/s1. The van der Waals surface area contributed by atoms with Gasteiger partial charge in [-0.05, 0) is 33.5 Å². The molecule has 0 radical (unpaired) electrons. The van der Waals surface area contributed by atoms with E-state index < -0.39 is 0 Å². The lowest BCUT2D eigenvalue weighted by Crippen LogP contribution is -2.30. The molecule has 2 heteroatoms. The van der Waals surface area contributed by atoms with Gasteiger partial charge in [-0.15, -0.1) is 0 Å². The van der Waals surface area contributed by atoms with Crippen molar-refractivity contribution in [2.45, 2.75) is 13.8 Å². The molecule has 1 atom stereocenters. The summed E-state index contributed by atoms with van der Waals surface area (Å²) in [5, 5.41) is 0. The molecule has 0 aromatic carbocycles. The molecule has 0 aromatic heterocycles. The van der Waals surface area contributed by atoms with Crippen molar-refractivity contribution < 1.29 is 0 Å². The molecule has 0 aromatic rings. The largest absolute Gasteiger partial charge is 0.308 e. The number of hydrogen-bond donors (Lipinski definition) is 0. The Kier molecular flexibility index (Phi) is 3.04. The van der Waals surface area contributed by atoms with Crippen LogP contribution in [0.25, 0.3) is 0 Å². The summed E-state index contributed by atoms with van der Waals surface area (Å²) in [4.78, 5) is 6.46. The normalized spacial score (nSPS) is 27.6. The van der Waals surface area contributed by atoms with Crippen LogP contribution >= 0.6 is 0 Å². The number of allylic oxidation sites excluding steroid dienone is 2. The fourth-order valence-electron chi connectivity index (χ4n) is 1.51. The van der Waals surface area contributed by atoms with Gasteiger partial charge < -0.3 is 4.90 Å². The molecule has 1 aliphatic heterocycles. The molecule has 2 nitrogen and oxygen atoms in total. The third-order valence-electron chi connectivity index (χ3n) is 2.03. The maximum Gasteiger partial charge on any atom is 0.0337 e. The van der Waals surface area contributed by atoms with Gasteiger partial charge in [0.05, 0.1) is 0 Å². The molecule has 0 saturated carbocycles. The predicted octanol–water partition coefficient (Wildman–Crippen LogP) is 2.10. The molecule has 0 saturated heterocycles. The van der Waals surface area contributed by atoms with E-state index in [1.54, 1.807) is 0 Å². The zero-order chi connectivity index (χ0) is 9.90. The van der Waals surface area contributed by atoms with Crippen molar-refractivity contribution in [1.82, 2.24) is 4.90 Å². The fourth-order valence-corrected chi connectivity index (χ4v) is 1.51. The lowest BCUT2D eigenvalue weighted by molar-refractivity contribution is 0.338. The van der Waals surface area contributed by atoms with Crippen molar-refractivity contribution in [3.8, 4) is 0 Å². The highest BCUT2D eigenvalue weighted by molar-refractivity contribution is 5.70. The van der Waals surface area contributed by atoms with E-state index in [1.807, 2.05) is 12.4 Å². The van der Waals surface area contributed by atoms with Crippen LogP contribution in [0.5, 0.6) is 0 Å². The molecule has 0 aliphatic carbocycles. The fraction of sp³-hybridized carbons (Fsp3) is 0.545. The summed E-state index contributed by atoms with van der Waals surface area (Å²) >= 11 is 0. The van der Waals surface area contributed by atoms with Gasteiger partial charge in [0.2, 0.25) is 0 Å². The van der Waals surface area contributed by atoms with Crippen molar-refractivity contribution in [2.75, 3.05) is 20.6 Å². The quantitative estimate of drug-likeness (QED) is 0.632. The number of nitrogens with zero attached hydrogens (tertiary/aromatic N) is 2. The smallest absolute Gasteiger partial charge is 0.0337 e. The van der Waals surface area contributed by atoms with Gasteiger partial charge in [0.15, 0.2) is 0 Å². The van der Waals surface area contributed by atoms with E-state index in [0.717, 1.165) is 6.54 Å². The lowest BCUT2D eigenvalue weighted by Gasteiger charge is -2.24. The van der Waals surface area contributed by atoms with Crippen molar-refractivity contribution in [2.24, 2.45) is 10.4 Å². The van der Waals surface area contributed by atoms with Gasteiger partial charge in [0, 0.05) is 24.4 Å². The van der Waals surface area contributed by atoms with Crippen LogP contribution in [0.3, 0.4) is 0 Å². The van der Waals surface area contributed by atoms with Gasteiger partial charge in [0.25, 0.3) is 0 Å². The zero-order valence-corrected chi connectivity index (χ0v) is 8.91. The molecule has 0 spiro atoms. The van der Waals surface area contributed by atoms with Crippen LogP contribution < -0.4 is 0 Å². The van der Waals surface area contributed by atoms with Gasteiger partial charge in [-0.2, -0.15) is 0 Å². The van der Waals surface area contributed by atoms with Crippen LogP contribution in [0.2, 0.25) is 0 Å². The van der Waals surface area contributed by atoms with E-state index in [-0.39, 0.29) is 5.41 Å². The molecule has 0 unspecified atom stereocenters. The van der Waals surface area contributed by atoms with E-state index >= 15 is 0 Å². The van der Waals surface area contributed by atoms with Crippen LogP contribution in [0, 0.1) is 5.41 Å². The van der Waals surface area contributed by atoms with Crippen LogP contribution in [0.4, 0.5) is 0 Å². The first-order valence-corrected chi connectivity index (χ1v) is 4.57. The molecule has 13 heavy (non-hydrogen) atoms. The first kappa shape index (κ1) is 10.2. The summed E-state index contributed by atoms with van der Waals surface area (Å²) < 4.78 is 0. The van der Waals surface area contributed by atoms with Crippen molar-refractivity contribution >= 4 is 6.21 Å². The molecule has 1 heterocycles. The maximum atomic E-state index is 4.28. The summed E-state index contributed by atoms with van der Waals surface area (Å²) in [5.74, 6) is 0. The first-order valence-electron chi connectivity index (χ1n) is 4.57. The third-order valence-corrected chi connectivity index (χ3v) is 2.03. The van der Waals surface area contributed by atoms with Gasteiger partial charge in [-0.3, -0.25) is 4.99 Å². The molecule has 0 bridgehead atoms. The van der Waals surface area contributed by atoms with E-state index in [4.69, 9.17) is 0 Å². The Labute approximate surface area is 80.7 Å². The van der Waals surface area contributed by atoms with Gasteiger partial charge in [0.1, 0.15) is 0 Å². The second-order valence-electron chi connectivity index (χ2n) is 4.23. The SMILES string of the molecule is CC1=CN=C[C@@](C)(CN(C)C)C=C1. The molecular formula is C11H18N2. The average Bonchev–Trinajstić information content (AvgIpc) is 2.12. The topological polar surface area (TPSA) is 15.6 Å². The van der Waals surface area contributed by atoms with Crippen LogP contribution in [-0.4, -0.2) is 31.8 Å². The summed E-state index contributed by atoms with van der Waals surface area (Å²) in [7, 11) is 4.16. The molecule has 1 rings (SSSR count). The Hall–Kier alpha value is -0.890. The van der Waals surface area contributed by atoms with Crippen LogP contribution in [0.1, 0.15) is 13.8 Å². The molecule has 0 fully saturated rings. The Bertz CT molecular complexity index is 261. The monoisotopic (exact) mass is 178 g/mol. The van der Waals surface area contributed by atoms with Gasteiger partial charge >= 0.3 is 0 Å². The number of aliphatic imine (C=N–C) groups is 1. The minimum atomic E-state index is 0.0672. The van der Waals surface area contributed by atoms with E-state index in [9.17, 15) is 0 Å². The average molecular weight is 178 g/mol. The Morgan fingerprint density at radius 1 is 1.46 bits per heavy atom. The van der Waals surface area contributed by atoms with Crippen LogP contribution in [-0.2, 0) is 0 Å². The molecular weight excluding hydrogens is 160 g/mol. The van der Waals surface area contributed by atoms with Crippen molar-refractivity contribution in [1.29, 1.82) is 0 Å².